The van der Waals surface area contributed by atoms with E-state index in [2.05, 4.69) is 9.97 Å². The maximum atomic E-state index is 12.1. The molecule has 1 heterocycles. The van der Waals surface area contributed by atoms with Crippen LogP contribution in [0.4, 0.5) is 8.78 Å². The van der Waals surface area contributed by atoms with E-state index < -0.39 is 12.3 Å². The van der Waals surface area contributed by atoms with Crippen molar-refractivity contribution in [3.63, 3.8) is 0 Å². The summed E-state index contributed by atoms with van der Waals surface area (Å²) < 4.78 is 24.2. The average Bonchev–Trinajstić information content (AvgIpc) is 2.84. The number of nitrogens with zero attached hydrogens (tertiary/aromatic N) is 2. The second-order valence-corrected chi connectivity index (χ2v) is 2.95. The first kappa shape index (κ1) is 7.58. The van der Waals surface area contributed by atoms with E-state index in [0.29, 0.717) is 12.2 Å². The Morgan fingerprint density at radius 3 is 2.50 bits per heavy atom. The Balaban J connectivity index is 2.06. The lowest BCUT2D eigenvalue weighted by Gasteiger charge is -1.96. The molecule has 1 aromatic heterocycles. The molecule has 1 fully saturated rings. The van der Waals surface area contributed by atoms with Gasteiger partial charge in [-0.15, -0.1) is 0 Å². The average molecular weight is 170 g/mol. The minimum Gasteiger partial charge on any atom is -0.241 e. The first-order valence-corrected chi connectivity index (χ1v) is 3.84. The van der Waals surface area contributed by atoms with E-state index in [9.17, 15) is 8.78 Å². The summed E-state index contributed by atoms with van der Waals surface area (Å²) in [5.41, 5.74) is 0. The minimum atomic E-state index is -2.22. The molecule has 0 spiro atoms. The number of rotatable bonds is 2. The van der Waals surface area contributed by atoms with Crippen molar-refractivity contribution in [3.05, 3.63) is 24.3 Å². The predicted molar refractivity (Wildman–Crippen MR) is 38.9 cm³/mol. The molecule has 64 valence electrons. The number of hydrogen-bond acceptors (Lipinski definition) is 2. The molecule has 0 amide bonds. The number of hydrogen-bond donors (Lipinski definition) is 0. The first-order valence-electron chi connectivity index (χ1n) is 3.84. The predicted octanol–water partition coefficient (Wildman–Crippen LogP) is 1.85. The molecule has 0 radical (unpaired) electrons. The van der Waals surface area contributed by atoms with Gasteiger partial charge in [-0.2, -0.15) is 0 Å². The van der Waals surface area contributed by atoms with Gasteiger partial charge in [0.1, 0.15) is 5.82 Å². The number of aromatic nitrogens is 2. The highest BCUT2D eigenvalue weighted by Crippen LogP contribution is 2.49. The lowest BCUT2D eigenvalue weighted by atomic mass is 10.3. The van der Waals surface area contributed by atoms with Crippen molar-refractivity contribution in [2.45, 2.75) is 18.8 Å². The summed E-state index contributed by atoms with van der Waals surface area (Å²) >= 11 is 0. The van der Waals surface area contributed by atoms with Gasteiger partial charge >= 0.3 is 0 Å². The van der Waals surface area contributed by atoms with E-state index in [1.807, 2.05) is 0 Å². The van der Waals surface area contributed by atoms with Crippen LogP contribution in [-0.4, -0.2) is 16.4 Å². The van der Waals surface area contributed by atoms with Crippen molar-refractivity contribution in [3.8, 4) is 0 Å². The maximum Gasteiger partial charge on any atom is 0.242 e. The summed E-state index contributed by atoms with van der Waals surface area (Å²) in [6.07, 6.45) is 1.48. The van der Waals surface area contributed by atoms with Crippen LogP contribution in [0.1, 0.15) is 18.2 Å². The third kappa shape index (κ3) is 1.29. The largest absolute Gasteiger partial charge is 0.242 e. The molecule has 2 atom stereocenters. The van der Waals surface area contributed by atoms with E-state index in [0.717, 1.165) is 0 Å². The van der Waals surface area contributed by atoms with Gasteiger partial charge in [-0.1, -0.05) is 0 Å². The third-order valence-corrected chi connectivity index (χ3v) is 2.08. The standard InChI is InChI=1S/C8H8F2N2/c9-7(10)5-4-6(5)8-11-2-1-3-12-8/h1-3,5-7H,4H2/t5-,6-/m1/s1. The number of halogens is 2. The normalized spacial score (nSPS) is 27.6. The molecule has 1 aromatic rings. The molecule has 1 aliphatic rings. The first-order chi connectivity index (χ1) is 5.79. The van der Waals surface area contributed by atoms with E-state index in [-0.39, 0.29) is 5.92 Å². The van der Waals surface area contributed by atoms with Crippen LogP contribution >= 0.6 is 0 Å². The highest BCUT2D eigenvalue weighted by Gasteiger charge is 2.46. The SMILES string of the molecule is FC(F)[C@@H]1C[C@H]1c1ncccn1. The van der Waals surface area contributed by atoms with Crippen molar-refractivity contribution in [1.29, 1.82) is 0 Å². The van der Waals surface area contributed by atoms with E-state index in [1.165, 1.54) is 0 Å². The molecule has 4 heteroatoms. The van der Waals surface area contributed by atoms with Gasteiger partial charge in [0.05, 0.1) is 0 Å². The molecule has 0 aromatic carbocycles. The zero-order valence-electron chi connectivity index (χ0n) is 6.32. The highest BCUT2D eigenvalue weighted by atomic mass is 19.3. The van der Waals surface area contributed by atoms with Crippen LogP contribution in [0.15, 0.2) is 18.5 Å². The van der Waals surface area contributed by atoms with E-state index >= 15 is 0 Å². The van der Waals surface area contributed by atoms with Crippen LogP contribution in [0.25, 0.3) is 0 Å². The van der Waals surface area contributed by atoms with Crippen molar-refractivity contribution in [1.82, 2.24) is 9.97 Å². The summed E-state index contributed by atoms with van der Waals surface area (Å²) in [5.74, 6) is -0.0543. The maximum absolute atomic E-state index is 12.1. The summed E-state index contributed by atoms with van der Waals surface area (Å²) in [4.78, 5) is 7.86. The molecular formula is C8H8F2N2. The monoisotopic (exact) mass is 170 g/mol. The molecule has 1 saturated carbocycles. The van der Waals surface area contributed by atoms with Gasteiger partial charge in [0.15, 0.2) is 0 Å². The fourth-order valence-electron chi connectivity index (χ4n) is 1.29. The summed E-state index contributed by atoms with van der Waals surface area (Å²) in [5, 5.41) is 0. The summed E-state index contributed by atoms with van der Waals surface area (Å²) in [7, 11) is 0. The van der Waals surface area contributed by atoms with Crippen LogP contribution in [0.3, 0.4) is 0 Å². The van der Waals surface area contributed by atoms with Gasteiger partial charge < -0.3 is 0 Å². The molecule has 0 bridgehead atoms. The zero-order valence-corrected chi connectivity index (χ0v) is 6.32. The van der Waals surface area contributed by atoms with Gasteiger partial charge in [0, 0.05) is 24.2 Å². The van der Waals surface area contributed by atoms with Crippen molar-refractivity contribution < 1.29 is 8.78 Å². The van der Waals surface area contributed by atoms with Gasteiger partial charge in [-0.25, -0.2) is 18.7 Å². The molecule has 2 rings (SSSR count). The van der Waals surface area contributed by atoms with Crippen molar-refractivity contribution in [2.75, 3.05) is 0 Å². The lowest BCUT2D eigenvalue weighted by Crippen LogP contribution is -1.98. The van der Waals surface area contributed by atoms with E-state index in [4.69, 9.17) is 0 Å². The Morgan fingerprint density at radius 1 is 1.33 bits per heavy atom. The molecular weight excluding hydrogens is 162 g/mol. The smallest absolute Gasteiger partial charge is 0.241 e. The van der Waals surface area contributed by atoms with Crippen LogP contribution in [0.5, 0.6) is 0 Å². The molecule has 0 unspecified atom stereocenters. The molecule has 1 aliphatic carbocycles. The summed E-state index contributed by atoms with van der Waals surface area (Å²) in [6, 6.07) is 1.68. The van der Waals surface area contributed by atoms with E-state index in [1.54, 1.807) is 18.5 Å². The summed E-state index contributed by atoms with van der Waals surface area (Å²) in [6.45, 7) is 0. The molecule has 2 nitrogen and oxygen atoms in total. The zero-order chi connectivity index (χ0) is 8.55. The lowest BCUT2D eigenvalue weighted by molar-refractivity contribution is 0.120. The molecule has 12 heavy (non-hydrogen) atoms. The molecule has 0 saturated heterocycles. The Hall–Kier alpha value is -1.06. The van der Waals surface area contributed by atoms with Crippen LogP contribution in [-0.2, 0) is 0 Å². The second kappa shape index (κ2) is 2.77. The van der Waals surface area contributed by atoms with Crippen molar-refractivity contribution >= 4 is 0 Å². The Kier molecular flexibility index (Phi) is 1.75. The third-order valence-electron chi connectivity index (χ3n) is 2.08. The minimum absolute atomic E-state index is 0.105. The van der Waals surface area contributed by atoms with Crippen molar-refractivity contribution in [2.24, 2.45) is 5.92 Å². The molecule has 0 N–H and O–H groups in total. The van der Waals surface area contributed by atoms with Crippen LogP contribution in [0.2, 0.25) is 0 Å². The van der Waals surface area contributed by atoms with Gasteiger partial charge in [0.2, 0.25) is 6.43 Å². The topological polar surface area (TPSA) is 25.8 Å². The Labute approximate surface area is 68.7 Å². The number of alkyl halides is 2. The van der Waals surface area contributed by atoms with Gasteiger partial charge in [-0.3, -0.25) is 0 Å². The van der Waals surface area contributed by atoms with Gasteiger partial charge in [-0.05, 0) is 12.5 Å². The van der Waals surface area contributed by atoms with Crippen LogP contribution in [0, 0.1) is 5.92 Å². The Morgan fingerprint density at radius 2 is 2.00 bits per heavy atom. The molecule has 0 aliphatic heterocycles. The Bertz CT molecular complexity index is 263. The van der Waals surface area contributed by atoms with Gasteiger partial charge in [0.25, 0.3) is 0 Å². The second-order valence-electron chi connectivity index (χ2n) is 2.95. The fraction of sp³-hybridized carbons (Fsp3) is 0.500. The fourth-order valence-corrected chi connectivity index (χ4v) is 1.29. The van der Waals surface area contributed by atoms with Crippen LogP contribution < -0.4 is 0 Å². The quantitative estimate of drug-likeness (QED) is 0.676. The highest BCUT2D eigenvalue weighted by molar-refractivity contribution is 5.10.